The highest BCUT2D eigenvalue weighted by molar-refractivity contribution is 5.05. The van der Waals surface area contributed by atoms with Gasteiger partial charge in [-0.2, -0.15) is 0 Å². The van der Waals surface area contributed by atoms with E-state index in [0.29, 0.717) is 0 Å². The smallest absolute Gasteiger partial charge is 0.0593 e. The number of nitrogens with zero attached hydrogens (tertiary/aromatic N) is 2. The molecule has 0 saturated heterocycles. The molecular formula is C8H11N2. The van der Waals surface area contributed by atoms with Crippen molar-refractivity contribution in [2.45, 2.75) is 19.8 Å². The quantitative estimate of drug-likeness (QED) is 0.615. The predicted molar refractivity (Wildman–Crippen MR) is 40.5 cm³/mol. The molecule has 53 valence electrons. The van der Waals surface area contributed by atoms with Crippen molar-refractivity contribution in [3.05, 3.63) is 30.7 Å². The van der Waals surface area contributed by atoms with E-state index in [9.17, 15) is 0 Å². The van der Waals surface area contributed by atoms with Gasteiger partial charge in [-0.05, 0) is 13.3 Å². The third-order valence-electron chi connectivity index (χ3n) is 1.24. The molecule has 1 aromatic rings. The zero-order valence-electron chi connectivity index (χ0n) is 6.17. The molecule has 0 aliphatic rings. The molecule has 0 bridgehead atoms. The average Bonchev–Trinajstić information content (AvgIpc) is 1.88. The molecule has 0 aliphatic carbocycles. The van der Waals surface area contributed by atoms with Crippen molar-refractivity contribution in [3.63, 3.8) is 0 Å². The SMILES string of the molecule is [CH2]c1cncc(CCC)n1. The van der Waals surface area contributed by atoms with Crippen molar-refractivity contribution < 1.29 is 0 Å². The number of hydrogen-bond acceptors (Lipinski definition) is 2. The Morgan fingerprint density at radius 2 is 2.30 bits per heavy atom. The van der Waals surface area contributed by atoms with Crippen LogP contribution in [-0.2, 0) is 6.42 Å². The first-order valence-corrected chi connectivity index (χ1v) is 3.46. The van der Waals surface area contributed by atoms with Crippen LogP contribution in [0.2, 0.25) is 0 Å². The van der Waals surface area contributed by atoms with E-state index in [1.165, 1.54) is 0 Å². The molecule has 10 heavy (non-hydrogen) atoms. The Morgan fingerprint density at radius 1 is 1.50 bits per heavy atom. The zero-order valence-corrected chi connectivity index (χ0v) is 6.17. The van der Waals surface area contributed by atoms with Gasteiger partial charge < -0.3 is 0 Å². The molecule has 2 nitrogen and oxygen atoms in total. The van der Waals surface area contributed by atoms with Crippen LogP contribution < -0.4 is 0 Å². The van der Waals surface area contributed by atoms with Crippen LogP contribution >= 0.6 is 0 Å². The van der Waals surface area contributed by atoms with Crippen LogP contribution in [0.5, 0.6) is 0 Å². The minimum Gasteiger partial charge on any atom is -0.261 e. The zero-order chi connectivity index (χ0) is 7.40. The van der Waals surface area contributed by atoms with Crippen molar-refractivity contribution in [2.24, 2.45) is 0 Å². The van der Waals surface area contributed by atoms with Gasteiger partial charge in [0.1, 0.15) is 0 Å². The van der Waals surface area contributed by atoms with Gasteiger partial charge in [0.15, 0.2) is 0 Å². The second-order valence-electron chi connectivity index (χ2n) is 2.25. The summed E-state index contributed by atoms with van der Waals surface area (Å²) < 4.78 is 0. The highest BCUT2D eigenvalue weighted by atomic mass is 14.8. The van der Waals surface area contributed by atoms with Gasteiger partial charge in [-0.15, -0.1) is 0 Å². The summed E-state index contributed by atoms with van der Waals surface area (Å²) >= 11 is 0. The summed E-state index contributed by atoms with van der Waals surface area (Å²) in [6.45, 7) is 5.81. The lowest BCUT2D eigenvalue weighted by Gasteiger charge is -1.96. The van der Waals surface area contributed by atoms with E-state index in [-0.39, 0.29) is 0 Å². The molecule has 0 saturated carbocycles. The van der Waals surface area contributed by atoms with Crippen LogP contribution in [0.25, 0.3) is 0 Å². The predicted octanol–water partition coefficient (Wildman–Crippen LogP) is 1.61. The summed E-state index contributed by atoms with van der Waals surface area (Å²) in [6.07, 6.45) is 5.56. The van der Waals surface area contributed by atoms with E-state index >= 15 is 0 Å². The Balaban J connectivity index is 2.75. The highest BCUT2D eigenvalue weighted by Crippen LogP contribution is 1.97. The molecule has 0 aromatic carbocycles. The largest absolute Gasteiger partial charge is 0.261 e. The summed E-state index contributed by atoms with van der Waals surface area (Å²) in [5.41, 5.74) is 1.79. The van der Waals surface area contributed by atoms with Gasteiger partial charge in [0.25, 0.3) is 0 Å². The lowest BCUT2D eigenvalue weighted by atomic mass is 10.2. The summed E-state index contributed by atoms with van der Waals surface area (Å²) in [5.74, 6) is 0. The van der Waals surface area contributed by atoms with Crippen molar-refractivity contribution in [3.8, 4) is 0 Å². The van der Waals surface area contributed by atoms with E-state index in [0.717, 1.165) is 24.2 Å². The second kappa shape index (κ2) is 3.30. The van der Waals surface area contributed by atoms with E-state index in [1.54, 1.807) is 12.4 Å². The fraction of sp³-hybridized carbons (Fsp3) is 0.375. The Morgan fingerprint density at radius 3 is 2.90 bits per heavy atom. The maximum atomic E-state index is 4.19. The van der Waals surface area contributed by atoms with Crippen LogP contribution in [0, 0.1) is 6.92 Å². The molecule has 1 rings (SSSR count). The van der Waals surface area contributed by atoms with Gasteiger partial charge >= 0.3 is 0 Å². The second-order valence-corrected chi connectivity index (χ2v) is 2.25. The molecule has 0 spiro atoms. The number of hydrogen-bond donors (Lipinski definition) is 0. The van der Waals surface area contributed by atoms with Gasteiger partial charge in [-0.1, -0.05) is 13.3 Å². The van der Waals surface area contributed by atoms with Crippen molar-refractivity contribution >= 4 is 0 Å². The van der Waals surface area contributed by atoms with Crippen molar-refractivity contribution in [1.29, 1.82) is 0 Å². The summed E-state index contributed by atoms with van der Waals surface area (Å²) in [6, 6.07) is 0. The van der Waals surface area contributed by atoms with Gasteiger partial charge in [-0.25, -0.2) is 0 Å². The lowest BCUT2D eigenvalue weighted by molar-refractivity contribution is 0.865. The molecule has 2 heteroatoms. The maximum absolute atomic E-state index is 4.19. The molecule has 0 aliphatic heterocycles. The summed E-state index contributed by atoms with van der Waals surface area (Å²) in [7, 11) is 0. The van der Waals surface area contributed by atoms with Crippen molar-refractivity contribution in [1.82, 2.24) is 9.97 Å². The fourth-order valence-electron chi connectivity index (χ4n) is 0.828. The van der Waals surface area contributed by atoms with Gasteiger partial charge in [-0.3, -0.25) is 9.97 Å². The normalized spacial score (nSPS) is 9.80. The standard InChI is InChI=1S/C8H11N2/c1-3-4-8-6-9-5-7(2)10-8/h5-6H,2-4H2,1H3. The third kappa shape index (κ3) is 1.79. The number of aryl methyl sites for hydroxylation is 1. The highest BCUT2D eigenvalue weighted by Gasteiger charge is 1.91. The molecule has 1 aromatic heterocycles. The van der Waals surface area contributed by atoms with Crippen LogP contribution in [0.3, 0.4) is 0 Å². The molecule has 1 radical (unpaired) electrons. The molecule has 0 fully saturated rings. The number of aromatic nitrogens is 2. The van der Waals surface area contributed by atoms with Gasteiger partial charge in [0.2, 0.25) is 0 Å². The topological polar surface area (TPSA) is 25.8 Å². The van der Waals surface area contributed by atoms with E-state index in [2.05, 4.69) is 23.8 Å². The van der Waals surface area contributed by atoms with E-state index < -0.39 is 0 Å². The first-order chi connectivity index (χ1) is 4.83. The summed E-state index contributed by atoms with van der Waals surface area (Å²) in [5, 5.41) is 0. The molecule has 0 amide bonds. The molecule has 0 N–H and O–H groups in total. The summed E-state index contributed by atoms with van der Waals surface area (Å²) in [4.78, 5) is 8.17. The molecule has 1 heterocycles. The first kappa shape index (κ1) is 7.19. The first-order valence-electron chi connectivity index (χ1n) is 3.46. The third-order valence-corrected chi connectivity index (χ3v) is 1.24. The van der Waals surface area contributed by atoms with Crippen LogP contribution in [0.1, 0.15) is 24.7 Å². The molecule has 0 atom stereocenters. The maximum Gasteiger partial charge on any atom is 0.0593 e. The minimum atomic E-state index is 0.756. The van der Waals surface area contributed by atoms with Crippen LogP contribution in [0.15, 0.2) is 12.4 Å². The number of rotatable bonds is 2. The average molecular weight is 135 g/mol. The molecule has 0 unspecified atom stereocenters. The monoisotopic (exact) mass is 135 g/mol. The Kier molecular flexibility index (Phi) is 2.37. The van der Waals surface area contributed by atoms with Crippen LogP contribution in [-0.4, -0.2) is 9.97 Å². The minimum absolute atomic E-state index is 0.756. The van der Waals surface area contributed by atoms with E-state index in [4.69, 9.17) is 0 Å². The molecular weight excluding hydrogens is 124 g/mol. The fourth-order valence-corrected chi connectivity index (χ4v) is 0.828. The Bertz CT molecular complexity index is 208. The Hall–Kier alpha value is -0.920. The van der Waals surface area contributed by atoms with Crippen LogP contribution in [0.4, 0.5) is 0 Å². The van der Waals surface area contributed by atoms with E-state index in [1.807, 2.05) is 0 Å². The van der Waals surface area contributed by atoms with Gasteiger partial charge in [0, 0.05) is 12.4 Å². The van der Waals surface area contributed by atoms with Crippen molar-refractivity contribution in [2.75, 3.05) is 0 Å². The Labute approximate surface area is 61.3 Å². The lowest BCUT2D eigenvalue weighted by Crippen LogP contribution is -1.92. The van der Waals surface area contributed by atoms with Gasteiger partial charge in [0.05, 0.1) is 11.4 Å².